The summed E-state index contributed by atoms with van der Waals surface area (Å²) >= 11 is 0. The molecule has 138 valence electrons. The zero-order valence-corrected chi connectivity index (χ0v) is 14.7. The number of para-hydroxylation sites is 2. The lowest BCUT2D eigenvalue weighted by Gasteiger charge is -2.12. The summed E-state index contributed by atoms with van der Waals surface area (Å²) < 4.78 is 6.75. The van der Waals surface area contributed by atoms with Crippen LogP contribution in [-0.4, -0.2) is 21.6 Å². The van der Waals surface area contributed by atoms with Crippen LogP contribution in [0.15, 0.2) is 89.8 Å². The van der Waals surface area contributed by atoms with Crippen molar-refractivity contribution >= 4 is 23.2 Å². The van der Waals surface area contributed by atoms with E-state index < -0.39 is 0 Å². The molecule has 7 heteroatoms. The van der Waals surface area contributed by atoms with E-state index in [-0.39, 0.29) is 17.6 Å². The first-order valence-electron chi connectivity index (χ1n) is 8.56. The molecule has 0 saturated carbocycles. The van der Waals surface area contributed by atoms with Gasteiger partial charge in [0, 0.05) is 23.6 Å². The molecule has 0 saturated heterocycles. The zero-order valence-electron chi connectivity index (χ0n) is 14.7. The van der Waals surface area contributed by atoms with Crippen molar-refractivity contribution in [1.82, 2.24) is 9.78 Å². The largest absolute Gasteiger partial charge is 0.459 e. The smallest absolute Gasteiger partial charge is 0.291 e. The fourth-order valence-electron chi connectivity index (χ4n) is 2.72. The summed E-state index contributed by atoms with van der Waals surface area (Å²) in [5.74, 6) is -0.483. The van der Waals surface area contributed by atoms with Crippen LogP contribution in [0.2, 0.25) is 0 Å². The van der Waals surface area contributed by atoms with Gasteiger partial charge >= 0.3 is 0 Å². The molecule has 0 unspecified atom stereocenters. The van der Waals surface area contributed by atoms with Crippen LogP contribution >= 0.6 is 0 Å². The quantitative estimate of drug-likeness (QED) is 0.555. The number of furan rings is 1. The number of carbonyl (C=O) groups excluding carboxylic acids is 2. The number of hydrogen-bond donors (Lipinski definition) is 2. The molecule has 0 atom stereocenters. The minimum absolute atomic E-state index is 0.197. The Bertz CT molecular complexity index is 1100. The summed E-state index contributed by atoms with van der Waals surface area (Å²) in [6.45, 7) is 0. The molecule has 2 heterocycles. The second kappa shape index (κ2) is 7.63. The minimum atomic E-state index is -0.383. The molecule has 7 nitrogen and oxygen atoms in total. The van der Waals surface area contributed by atoms with E-state index in [0.717, 1.165) is 5.69 Å². The average Bonchev–Trinajstić information content (AvgIpc) is 3.43. The van der Waals surface area contributed by atoms with E-state index in [1.54, 1.807) is 59.5 Å². The lowest BCUT2D eigenvalue weighted by molar-refractivity contribution is 0.0993. The predicted octanol–water partition coefficient (Wildman–Crippen LogP) is 3.97. The van der Waals surface area contributed by atoms with Gasteiger partial charge in [0.05, 0.1) is 17.6 Å². The van der Waals surface area contributed by atoms with Crippen molar-refractivity contribution in [2.75, 3.05) is 10.6 Å². The maximum atomic E-state index is 12.7. The van der Waals surface area contributed by atoms with E-state index in [2.05, 4.69) is 15.7 Å². The van der Waals surface area contributed by atoms with Gasteiger partial charge in [-0.1, -0.05) is 18.2 Å². The SMILES string of the molecule is O=C(Nc1ccccc1-n1cccn1)c1cccc(NC(=O)c2ccco2)c1. The molecule has 0 fully saturated rings. The third kappa shape index (κ3) is 3.68. The van der Waals surface area contributed by atoms with Crippen molar-refractivity contribution in [3.05, 3.63) is 96.7 Å². The Morgan fingerprint density at radius 3 is 2.57 bits per heavy atom. The molecule has 0 spiro atoms. The van der Waals surface area contributed by atoms with Gasteiger partial charge in [0.2, 0.25) is 0 Å². The van der Waals surface area contributed by atoms with Crippen LogP contribution in [0.25, 0.3) is 5.69 Å². The number of amides is 2. The molecule has 0 aliphatic rings. The molecule has 4 rings (SSSR count). The summed E-state index contributed by atoms with van der Waals surface area (Å²) in [5.41, 5.74) is 2.28. The van der Waals surface area contributed by atoms with Gasteiger partial charge in [-0.25, -0.2) is 4.68 Å². The molecule has 0 aliphatic heterocycles. The normalized spacial score (nSPS) is 10.4. The van der Waals surface area contributed by atoms with Crippen molar-refractivity contribution < 1.29 is 14.0 Å². The van der Waals surface area contributed by atoms with Crippen LogP contribution in [0, 0.1) is 0 Å². The summed E-state index contributed by atoms with van der Waals surface area (Å²) in [4.78, 5) is 24.8. The van der Waals surface area contributed by atoms with Gasteiger partial charge in [-0.3, -0.25) is 9.59 Å². The first-order chi connectivity index (χ1) is 13.7. The third-order valence-corrected chi connectivity index (χ3v) is 4.03. The maximum absolute atomic E-state index is 12.7. The fraction of sp³-hybridized carbons (Fsp3) is 0. The minimum Gasteiger partial charge on any atom is -0.459 e. The Morgan fingerprint density at radius 1 is 0.893 bits per heavy atom. The van der Waals surface area contributed by atoms with Gasteiger partial charge in [0.15, 0.2) is 5.76 Å². The molecule has 0 radical (unpaired) electrons. The predicted molar refractivity (Wildman–Crippen MR) is 105 cm³/mol. The number of carbonyl (C=O) groups is 2. The lowest BCUT2D eigenvalue weighted by atomic mass is 10.1. The topological polar surface area (TPSA) is 89.2 Å². The van der Waals surface area contributed by atoms with Crippen molar-refractivity contribution in [2.45, 2.75) is 0 Å². The Hall–Kier alpha value is -4.13. The number of nitrogens with one attached hydrogen (secondary N) is 2. The Balaban J connectivity index is 1.53. The van der Waals surface area contributed by atoms with E-state index in [1.165, 1.54) is 6.26 Å². The van der Waals surface area contributed by atoms with Crippen LogP contribution in [0.5, 0.6) is 0 Å². The Labute approximate surface area is 160 Å². The van der Waals surface area contributed by atoms with Gasteiger partial charge in [-0.15, -0.1) is 0 Å². The molecule has 2 N–H and O–H groups in total. The number of anilines is 2. The molecule has 0 aliphatic carbocycles. The van der Waals surface area contributed by atoms with Crippen LogP contribution in [0.3, 0.4) is 0 Å². The molecule has 2 amide bonds. The van der Waals surface area contributed by atoms with Gasteiger partial charge < -0.3 is 15.1 Å². The van der Waals surface area contributed by atoms with E-state index >= 15 is 0 Å². The van der Waals surface area contributed by atoms with Crippen LogP contribution < -0.4 is 10.6 Å². The highest BCUT2D eigenvalue weighted by atomic mass is 16.3. The molecule has 2 aromatic carbocycles. The molecule has 0 bridgehead atoms. The van der Waals surface area contributed by atoms with Gasteiger partial charge in [-0.05, 0) is 48.5 Å². The molecule has 28 heavy (non-hydrogen) atoms. The van der Waals surface area contributed by atoms with Gasteiger partial charge in [0.1, 0.15) is 0 Å². The summed E-state index contributed by atoms with van der Waals surface area (Å²) in [6, 6.07) is 19.1. The fourth-order valence-corrected chi connectivity index (χ4v) is 2.72. The van der Waals surface area contributed by atoms with Crippen molar-refractivity contribution in [3.63, 3.8) is 0 Å². The first kappa shape index (κ1) is 17.3. The van der Waals surface area contributed by atoms with Gasteiger partial charge in [0.25, 0.3) is 11.8 Å². The average molecular weight is 372 g/mol. The summed E-state index contributed by atoms with van der Waals surface area (Å²) in [5, 5.41) is 9.81. The zero-order chi connectivity index (χ0) is 19.3. The summed E-state index contributed by atoms with van der Waals surface area (Å²) in [6.07, 6.45) is 4.90. The molecular formula is C21H16N4O3. The van der Waals surface area contributed by atoms with Crippen molar-refractivity contribution in [3.8, 4) is 5.69 Å². The van der Waals surface area contributed by atoms with E-state index in [0.29, 0.717) is 16.9 Å². The highest BCUT2D eigenvalue weighted by Gasteiger charge is 2.13. The van der Waals surface area contributed by atoms with Gasteiger partial charge in [-0.2, -0.15) is 5.10 Å². The molecular weight excluding hydrogens is 356 g/mol. The summed E-state index contributed by atoms with van der Waals surface area (Å²) in [7, 11) is 0. The monoisotopic (exact) mass is 372 g/mol. The van der Waals surface area contributed by atoms with Crippen LogP contribution in [0.1, 0.15) is 20.9 Å². The van der Waals surface area contributed by atoms with Crippen molar-refractivity contribution in [2.24, 2.45) is 0 Å². The third-order valence-electron chi connectivity index (χ3n) is 4.03. The number of benzene rings is 2. The van der Waals surface area contributed by atoms with E-state index in [9.17, 15) is 9.59 Å². The highest BCUT2D eigenvalue weighted by Crippen LogP contribution is 2.21. The Kier molecular flexibility index (Phi) is 4.71. The number of hydrogen-bond acceptors (Lipinski definition) is 4. The van der Waals surface area contributed by atoms with E-state index in [1.807, 2.05) is 24.3 Å². The Morgan fingerprint density at radius 2 is 1.79 bits per heavy atom. The highest BCUT2D eigenvalue weighted by molar-refractivity contribution is 6.07. The van der Waals surface area contributed by atoms with E-state index in [4.69, 9.17) is 4.42 Å². The number of rotatable bonds is 5. The number of nitrogens with zero attached hydrogens (tertiary/aromatic N) is 2. The second-order valence-electron chi connectivity index (χ2n) is 5.93. The lowest BCUT2D eigenvalue weighted by Crippen LogP contribution is -2.15. The van der Waals surface area contributed by atoms with Crippen molar-refractivity contribution in [1.29, 1.82) is 0 Å². The van der Waals surface area contributed by atoms with Crippen LogP contribution in [0.4, 0.5) is 11.4 Å². The first-order valence-corrected chi connectivity index (χ1v) is 8.56. The second-order valence-corrected chi connectivity index (χ2v) is 5.93. The van der Waals surface area contributed by atoms with Crippen LogP contribution in [-0.2, 0) is 0 Å². The maximum Gasteiger partial charge on any atom is 0.291 e. The molecule has 2 aromatic heterocycles. The number of aromatic nitrogens is 2. The standard InChI is InChI=1S/C21H16N4O3/c26-20(24-17-8-1-2-9-18(17)25-12-5-11-22-25)15-6-3-7-16(14-15)23-21(27)19-10-4-13-28-19/h1-14H,(H,23,27)(H,24,26). The molecule has 4 aromatic rings.